The van der Waals surface area contributed by atoms with Crippen molar-refractivity contribution in [2.75, 3.05) is 29.9 Å². The van der Waals surface area contributed by atoms with Gasteiger partial charge in [0.15, 0.2) is 5.13 Å². The Morgan fingerprint density at radius 3 is 2.40 bits per heavy atom. The molecule has 1 saturated heterocycles. The zero-order valence-electron chi connectivity index (χ0n) is 20.3. The van der Waals surface area contributed by atoms with Crippen molar-refractivity contribution >= 4 is 34.0 Å². The highest BCUT2D eigenvalue weighted by molar-refractivity contribution is 7.17. The number of hydrogen-bond acceptors (Lipinski definition) is 7. The molecule has 2 aromatic carbocycles. The summed E-state index contributed by atoms with van der Waals surface area (Å²) in [5.41, 5.74) is 2.72. The fourth-order valence-corrected chi connectivity index (χ4v) is 4.74. The molecule has 3 aromatic rings. The highest BCUT2D eigenvalue weighted by atomic mass is 32.1. The molecule has 0 aliphatic carbocycles. The third-order valence-electron chi connectivity index (χ3n) is 5.68. The molecule has 1 fully saturated rings. The predicted octanol–water partition coefficient (Wildman–Crippen LogP) is 4.57. The van der Waals surface area contributed by atoms with Gasteiger partial charge in [-0.3, -0.25) is 9.59 Å². The van der Waals surface area contributed by atoms with Crippen LogP contribution in [-0.4, -0.2) is 42.6 Å². The molecule has 0 bridgehead atoms. The Bertz CT molecular complexity index is 1170. The van der Waals surface area contributed by atoms with Crippen LogP contribution in [-0.2, 0) is 4.79 Å². The van der Waals surface area contributed by atoms with Crippen LogP contribution in [0.3, 0.4) is 0 Å². The van der Waals surface area contributed by atoms with Gasteiger partial charge in [0.2, 0.25) is 5.91 Å². The van der Waals surface area contributed by atoms with Crippen LogP contribution in [0.2, 0.25) is 0 Å². The average molecular weight is 495 g/mol. The Morgan fingerprint density at radius 2 is 1.77 bits per heavy atom. The number of rotatable bonds is 9. The maximum atomic E-state index is 12.7. The summed E-state index contributed by atoms with van der Waals surface area (Å²) in [5, 5.41) is 6.05. The lowest BCUT2D eigenvalue weighted by molar-refractivity contribution is -0.114. The zero-order valence-corrected chi connectivity index (χ0v) is 21.1. The van der Waals surface area contributed by atoms with Gasteiger partial charge in [-0.2, -0.15) is 0 Å². The molecular formula is C26H30N4O4S. The van der Waals surface area contributed by atoms with Crippen molar-refractivity contribution in [2.24, 2.45) is 0 Å². The van der Waals surface area contributed by atoms with Crippen molar-refractivity contribution < 1.29 is 19.1 Å². The molecule has 1 unspecified atom stereocenters. The quantitative estimate of drug-likeness (QED) is 0.453. The lowest BCUT2D eigenvalue weighted by Crippen LogP contribution is -2.54. The van der Waals surface area contributed by atoms with E-state index in [1.165, 1.54) is 18.3 Å². The topological polar surface area (TPSA) is 92.8 Å². The Morgan fingerprint density at radius 1 is 1.11 bits per heavy atom. The summed E-state index contributed by atoms with van der Waals surface area (Å²) in [5.74, 6) is 1.26. The van der Waals surface area contributed by atoms with E-state index >= 15 is 0 Å². The first kappa shape index (κ1) is 24.5. The van der Waals surface area contributed by atoms with E-state index in [0.29, 0.717) is 22.3 Å². The van der Waals surface area contributed by atoms with Crippen LogP contribution in [0.15, 0.2) is 48.5 Å². The normalized spacial score (nSPS) is 14.1. The molecule has 0 spiro atoms. The SMILES string of the molecule is CCOc1ccc(N2CC(Oc3ccc(C(C)NC(=O)c4sc(NC(C)=O)nc4C)cc3)C2)cc1. The number of anilines is 2. The van der Waals surface area contributed by atoms with Gasteiger partial charge < -0.3 is 25.0 Å². The van der Waals surface area contributed by atoms with E-state index in [4.69, 9.17) is 9.47 Å². The number of benzene rings is 2. The number of nitrogens with zero attached hydrogens (tertiary/aromatic N) is 2. The summed E-state index contributed by atoms with van der Waals surface area (Å²) < 4.78 is 11.6. The summed E-state index contributed by atoms with van der Waals surface area (Å²) in [6, 6.07) is 15.7. The lowest BCUT2D eigenvalue weighted by Gasteiger charge is -2.40. The fraction of sp³-hybridized carbons (Fsp3) is 0.346. The monoisotopic (exact) mass is 494 g/mol. The Balaban J connectivity index is 1.27. The van der Waals surface area contributed by atoms with Gasteiger partial charge in [-0.1, -0.05) is 23.5 Å². The minimum absolute atomic E-state index is 0.136. The molecule has 1 aromatic heterocycles. The van der Waals surface area contributed by atoms with Crippen molar-refractivity contribution in [2.45, 2.75) is 39.8 Å². The number of hydrogen-bond donors (Lipinski definition) is 2. The first-order chi connectivity index (χ1) is 16.8. The number of aryl methyl sites for hydroxylation is 1. The van der Waals surface area contributed by atoms with Crippen LogP contribution in [0.4, 0.5) is 10.8 Å². The molecule has 2 N–H and O–H groups in total. The third-order valence-corrected chi connectivity index (χ3v) is 6.75. The first-order valence-corrected chi connectivity index (χ1v) is 12.4. The van der Waals surface area contributed by atoms with E-state index in [1.54, 1.807) is 6.92 Å². The van der Waals surface area contributed by atoms with Gasteiger partial charge in [0.05, 0.1) is 31.4 Å². The molecular weight excluding hydrogens is 464 g/mol. The smallest absolute Gasteiger partial charge is 0.263 e. The van der Waals surface area contributed by atoms with Crippen molar-refractivity contribution in [1.29, 1.82) is 0 Å². The molecule has 2 heterocycles. The van der Waals surface area contributed by atoms with Crippen LogP contribution < -0.4 is 25.0 Å². The number of nitrogens with one attached hydrogen (secondary N) is 2. The van der Waals surface area contributed by atoms with Gasteiger partial charge in [-0.25, -0.2) is 4.98 Å². The van der Waals surface area contributed by atoms with Gasteiger partial charge >= 0.3 is 0 Å². The number of thiazole rings is 1. The summed E-state index contributed by atoms with van der Waals surface area (Å²) >= 11 is 1.17. The molecule has 8 nitrogen and oxygen atoms in total. The Kier molecular flexibility index (Phi) is 7.55. The highest BCUT2D eigenvalue weighted by Gasteiger charge is 2.28. The lowest BCUT2D eigenvalue weighted by atomic mass is 10.1. The summed E-state index contributed by atoms with van der Waals surface area (Å²) in [6.45, 7) is 9.40. The largest absolute Gasteiger partial charge is 0.494 e. The summed E-state index contributed by atoms with van der Waals surface area (Å²) in [7, 11) is 0. The second-order valence-corrected chi connectivity index (χ2v) is 9.45. The fourth-order valence-electron chi connectivity index (χ4n) is 3.83. The molecule has 0 radical (unpaired) electrons. The van der Waals surface area contributed by atoms with Gasteiger partial charge in [0.1, 0.15) is 22.5 Å². The van der Waals surface area contributed by atoms with E-state index in [9.17, 15) is 9.59 Å². The number of carbonyl (C=O) groups excluding carboxylic acids is 2. The van der Waals surface area contributed by atoms with Gasteiger partial charge in [0, 0.05) is 12.6 Å². The van der Waals surface area contributed by atoms with E-state index in [1.807, 2.05) is 50.2 Å². The standard InChI is InChI=1S/C26H30N4O4S/c1-5-33-21-12-8-20(9-13-21)30-14-23(15-30)34-22-10-6-19(7-11-22)16(2)27-25(32)24-17(3)28-26(35-24)29-18(4)31/h6-13,16,23H,5,14-15H2,1-4H3,(H,27,32)(H,28,29,31). The summed E-state index contributed by atoms with van der Waals surface area (Å²) in [4.78, 5) is 30.9. The van der Waals surface area contributed by atoms with Crippen molar-refractivity contribution in [3.63, 3.8) is 0 Å². The molecule has 1 aliphatic heterocycles. The third kappa shape index (κ3) is 6.10. The zero-order chi connectivity index (χ0) is 24.9. The molecule has 1 atom stereocenters. The number of carbonyl (C=O) groups is 2. The van der Waals surface area contributed by atoms with Crippen LogP contribution in [0.1, 0.15) is 47.7 Å². The van der Waals surface area contributed by atoms with Crippen LogP contribution in [0.25, 0.3) is 0 Å². The van der Waals surface area contributed by atoms with Crippen molar-refractivity contribution in [3.8, 4) is 11.5 Å². The molecule has 1 aliphatic rings. The maximum Gasteiger partial charge on any atom is 0.263 e. The second-order valence-electron chi connectivity index (χ2n) is 8.45. The van der Waals surface area contributed by atoms with Gasteiger partial charge in [-0.05, 0) is 62.7 Å². The average Bonchev–Trinajstić information content (AvgIpc) is 3.16. The van der Waals surface area contributed by atoms with Gasteiger partial charge in [-0.15, -0.1) is 0 Å². The Hall–Kier alpha value is -3.59. The van der Waals surface area contributed by atoms with Crippen molar-refractivity contribution in [3.05, 3.63) is 64.7 Å². The number of ether oxygens (including phenoxy) is 2. The summed E-state index contributed by atoms with van der Waals surface area (Å²) in [6.07, 6.45) is 0.136. The Labute approximate surface area is 209 Å². The van der Waals surface area contributed by atoms with Crippen LogP contribution >= 0.6 is 11.3 Å². The molecule has 2 amide bonds. The predicted molar refractivity (Wildman–Crippen MR) is 138 cm³/mol. The van der Waals surface area contributed by atoms with Crippen LogP contribution in [0.5, 0.6) is 11.5 Å². The first-order valence-electron chi connectivity index (χ1n) is 11.6. The molecule has 184 valence electrons. The minimum Gasteiger partial charge on any atom is -0.494 e. The number of amides is 2. The molecule has 4 rings (SSSR count). The van der Waals surface area contributed by atoms with E-state index in [-0.39, 0.29) is 24.0 Å². The maximum absolute atomic E-state index is 12.7. The van der Waals surface area contributed by atoms with Crippen molar-refractivity contribution in [1.82, 2.24) is 10.3 Å². The highest BCUT2D eigenvalue weighted by Crippen LogP contribution is 2.27. The molecule has 35 heavy (non-hydrogen) atoms. The number of aromatic nitrogens is 1. The molecule has 9 heteroatoms. The second kappa shape index (κ2) is 10.8. The van der Waals surface area contributed by atoms with E-state index in [0.717, 1.165) is 35.8 Å². The minimum atomic E-state index is -0.216. The van der Waals surface area contributed by atoms with E-state index < -0.39 is 0 Å². The molecule has 0 saturated carbocycles. The van der Waals surface area contributed by atoms with E-state index in [2.05, 4.69) is 32.7 Å². The van der Waals surface area contributed by atoms with Crippen LogP contribution in [0, 0.1) is 6.92 Å². The van der Waals surface area contributed by atoms with Gasteiger partial charge in [0.25, 0.3) is 5.91 Å².